The van der Waals surface area contributed by atoms with Crippen molar-refractivity contribution < 1.29 is 0 Å². The summed E-state index contributed by atoms with van der Waals surface area (Å²) in [6.07, 6.45) is 9.29. The average molecular weight is 400 g/mol. The van der Waals surface area contributed by atoms with Crippen LogP contribution < -0.4 is 4.90 Å². The molecule has 7 nitrogen and oxygen atoms in total. The number of anilines is 1. The lowest BCUT2D eigenvalue weighted by atomic mass is 9.93. The number of hydrogen-bond acceptors (Lipinski definition) is 6. The van der Waals surface area contributed by atoms with Crippen molar-refractivity contribution in [2.45, 2.75) is 77.2 Å². The first-order chi connectivity index (χ1) is 13.5. The summed E-state index contributed by atoms with van der Waals surface area (Å²) in [5.41, 5.74) is 1.15. The van der Waals surface area contributed by atoms with E-state index in [0.717, 1.165) is 41.8 Å². The summed E-state index contributed by atoms with van der Waals surface area (Å²) in [5, 5.41) is 15.0. The van der Waals surface area contributed by atoms with E-state index in [1.54, 1.807) is 11.3 Å². The van der Waals surface area contributed by atoms with Gasteiger partial charge in [0.25, 0.3) is 0 Å². The lowest BCUT2D eigenvalue weighted by Crippen LogP contribution is -2.35. The van der Waals surface area contributed by atoms with E-state index in [1.165, 1.54) is 43.8 Å². The van der Waals surface area contributed by atoms with Crippen LogP contribution in [0.25, 0.3) is 4.96 Å². The van der Waals surface area contributed by atoms with Gasteiger partial charge in [0.05, 0.1) is 11.9 Å². The standard InChI is InChI=1S/C20H29N7S/c1-20(2,3)15-13-27-18(21-15)28-19(24-27)25-10-7-8-14(12-25)17-23-22-16-9-5-4-6-11-26(16)17/h13-14H,4-12H2,1-3H3. The van der Waals surface area contributed by atoms with E-state index in [1.807, 2.05) is 4.52 Å². The van der Waals surface area contributed by atoms with Crippen LogP contribution >= 0.6 is 11.3 Å². The van der Waals surface area contributed by atoms with Gasteiger partial charge in [0, 0.05) is 37.4 Å². The molecule has 5 rings (SSSR count). The molecular formula is C20H29N7S. The Morgan fingerprint density at radius 3 is 2.79 bits per heavy atom. The molecule has 2 aliphatic heterocycles. The van der Waals surface area contributed by atoms with Gasteiger partial charge >= 0.3 is 0 Å². The molecule has 5 heterocycles. The Morgan fingerprint density at radius 1 is 1.07 bits per heavy atom. The summed E-state index contributed by atoms with van der Waals surface area (Å²) in [6, 6.07) is 0. The van der Waals surface area contributed by atoms with Gasteiger partial charge in [-0.1, -0.05) is 38.5 Å². The molecule has 1 saturated heterocycles. The van der Waals surface area contributed by atoms with Crippen molar-refractivity contribution in [1.29, 1.82) is 0 Å². The molecule has 0 aliphatic carbocycles. The summed E-state index contributed by atoms with van der Waals surface area (Å²) in [6.45, 7) is 9.68. The van der Waals surface area contributed by atoms with E-state index >= 15 is 0 Å². The van der Waals surface area contributed by atoms with E-state index in [0.29, 0.717) is 5.92 Å². The number of aromatic nitrogens is 6. The second-order valence-electron chi connectivity index (χ2n) is 9.21. The molecule has 150 valence electrons. The third kappa shape index (κ3) is 3.21. The second-order valence-corrected chi connectivity index (χ2v) is 10.1. The molecule has 0 aromatic carbocycles. The Labute approximate surface area is 169 Å². The predicted molar refractivity (Wildman–Crippen MR) is 111 cm³/mol. The lowest BCUT2D eigenvalue weighted by Gasteiger charge is -2.31. The first-order valence-corrected chi connectivity index (χ1v) is 11.3. The van der Waals surface area contributed by atoms with Gasteiger partial charge in [0.2, 0.25) is 10.1 Å². The maximum Gasteiger partial charge on any atom is 0.214 e. The Morgan fingerprint density at radius 2 is 1.96 bits per heavy atom. The van der Waals surface area contributed by atoms with Crippen molar-refractivity contribution >= 4 is 21.4 Å². The van der Waals surface area contributed by atoms with Crippen LogP contribution in [0.4, 0.5) is 5.13 Å². The van der Waals surface area contributed by atoms with E-state index < -0.39 is 0 Å². The molecule has 2 aliphatic rings. The monoisotopic (exact) mass is 399 g/mol. The molecule has 3 aromatic rings. The highest BCUT2D eigenvalue weighted by atomic mass is 32.1. The Kier molecular flexibility index (Phi) is 4.41. The van der Waals surface area contributed by atoms with Crippen molar-refractivity contribution in [2.24, 2.45) is 0 Å². The van der Waals surface area contributed by atoms with Crippen molar-refractivity contribution in [2.75, 3.05) is 18.0 Å². The Bertz CT molecular complexity index is 945. The summed E-state index contributed by atoms with van der Waals surface area (Å²) < 4.78 is 4.36. The van der Waals surface area contributed by atoms with E-state index in [4.69, 9.17) is 10.1 Å². The molecule has 3 aromatic heterocycles. The zero-order valence-electron chi connectivity index (χ0n) is 17.1. The predicted octanol–water partition coefficient (Wildman–Crippen LogP) is 3.79. The molecule has 0 bridgehead atoms. The number of nitrogens with zero attached hydrogens (tertiary/aromatic N) is 7. The molecule has 0 N–H and O–H groups in total. The van der Waals surface area contributed by atoms with Gasteiger partial charge in [-0.05, 0) is 25.7 Å². The van der Waals surface area contributed by atoms with Gasteiger partial charge in [-0.25, -0.2) is 9.50 Å². The molecular weight excluding hydrogens is 370 g/mol. The number of hydrogen-bond donors (Lipinski definition) is 0. The van der Waals surface area contributed by atoms with Gasteiger partial charge < -0.3 is 9.47 Å². The van der Waals surface area contributed by atoms with Crippen molar-refractivity contribution in [3.63, 3.8) is 0 Å². The third-order valence-electron chi connectivity index (χ3n) is 6.00. The zero-order valence-corrected chi connectivity index (χ0v) is 17.9. The van der Waals surface area contributed by atoms with Gasteiger partial charge in [0.15, 0.2) is 0 Å². The number of piperidine rings is 1. The maximum absolute atomic E-state index is 4.84. The molecule has 28 heavy (non-hydrogen) atoms. The van der Waals surface area contributed by atoms with E-state index in [-0.39, 0.29) is 5.41 Å². The molecule has 0 amide bonds. The van der Waals surface area contributed by atoms with E-state index in [9.17, 15) is 0 Å². The normalized spacial score (nSPS) is 21.1. The van der Waals surface area contributed by atoms with Gasteiger partial charge in [-0.3, -0.25) is 0 Å². The molecule has 0 saturated carbocycles. The summed E-state index contributed by atoms with van der Waals surface area (Å²) in [5.74, 6) is 2.82. The largest absolute Gasteiger partial charge is 0.346 e. The maximum atomic E-state index is 4.84. The average Bonchev–Trinajstić information content (AvgIpc) is 3.31. The van der Waals surface area contributed by atoms with Crippen LogP contribution in [0.1, 0.15) is 76.1 Å². The highest BCUT2D eigenvalue weighted by Crippen LogP contribution is 2.33. The number of rotatable bonds is 2. The Balaban J connectivity index is 1.38. The fourth-order valence-corrected chi connectivity index (χ4v) is 5.27. The third-order valence-corrected chi connectivity index (χ3v) is 6.98. The minimum absolute atomic E-state index is 0.0509. The van der Waals surface area contributed by atoms with Gasteiger partial charge in [0.1, 0.15) is 11.6 Å². The SMILES string of the molecule is CC(C)(C)c1cn2nc(N3CCCC(c4nnc5n4CCCCC5)C3)sc2n1. The van der Waals surface area contributed by atoms with Gasteiger partial charge in [-0.15, -0.1) is 15.3 Å². The van der Waals surface area contributed by atoms with Crippen molar-refractivity contribution in [1.82, 2.24) is 29.4 Å². The van der Waals surface area contributed by atoms with Crippen LogP contribution in [-0.4, -0.2) is 42.5 Å². The summed E-state index contributed by atoms with van der Waals surface area (Å²) in [4.78, 5) is 8.21. The van der Waals surface area contributed by atoms with Gasteiger partial charge in [-0.2, -0.15) is 0 Å². The van der Waals surface area contributed by atoms with Crippen LogP contribution in [0.15, 0.2) is 6.20 Å². The fourth-order valence-electron chi connectivity index (χ4n) is 4.35. The molecule has 8 heteroatoms. The molecule has 0 radical (unpaired) electrons. The topological polar surface area (TPSA) is 64.1 Å². The van der Waals surface area contributed by atoms with Crippen LogP contribution in [-0.2, 0) is 18.4 Å². The van der Waals surface area contributed by atoms with Crippen molar-refractivity contribution in [3.05, 3.63) is 23.5 Å². The fraction of sp³-hybridized carbons (Fsp3) is 0.700. The van der Waals surface area contributed by atoms with Crippen LogP contribution in [0.3, 0.4) is 0 Å². The van der Waals surface area contributed by atoms with E-state index in [2.05, 4.69) is 46.6 Å². The summed E-state index contributed by atoms with van der Waals surface area (Å²) >= 11 is 1.70. The highest BCUT2D eigenvalue weighted by Gasteiger charge is 2.29. The quantitative estimate of drug-likeness (QED) is 0.656. The lowest BCUT2D eigenvalue weighted by molar-refractivity contribution is 0.464. The Hall–Kier alpha value is -1.96. The number of imidazole rings is 1. The molecule has 1 unspecified atom stereocenters. The van der Waals surface area contributed by atoms with Crippen LogP contribution in [0, 0.1) is 0 Å². The zero-order chi connectivity index (χ0) is 19.3. The highest BCUT2D eigenvalue weighted by molar-refractivity contribution is 7.20. The van der Waals surface area contributed by atoms with Crippen LogP contribution in [0.2, 0.25) is 0 Å². The number of fused-ring (bicyclic) bond motifs is 2. The smallest absolute Gasteiger partial charge is 0.214 e. The molecule has 1 atom stereocenters. The molecule has 0 spiro atoms. The first-order valence-electron chi connectivity index (χ1n) is 10.5. The van der Waals surface area contributed by atoms with Crippen molar-refractivity contribution in [3.8, 4) is 0 Å². The summed E-state index contributed by atoms with van der Waals surface area (Å²) in [7, 11) is 0. The minimum atomic E-state index is 0.0509. The molecule has 1 fully saturated rings. The van der Waals surface area contributed by atoms with Crippen LogP contribution in [0.5, 0.6) is 0 Å². The number of aryl methyl sites for hydroxylation is 1. The second kappa shape index (κ2) is 6.83. The minimum Gasteiger partial charge on any atom is -0.346 e. The first kappa shape index (κ1) is 18.1.